The molecule has 0 heterocycles. The molecule has 0 amide bonds. The van der Waals surface area contributed by atoms with Gasteiger partial charge in [-0.3, -0.25) is 0 Å². The van der Waals surface area contributed by atoms with Crippen LogP contribution in [0.4, 0.5) is 0 Å². The summed E-state index contributed by atoms with van der Waals surface area (Å²) in [6.07, 6.45) is 0. The number of nitrogens with two attached hydrogens (primary N) is 1. The van der Waals surface area contributed by atoms with Gasteiger partial charge in [0.25, 0.3) is 0 Å². The van der Waals surface area contributed by atoms with Gasteiger partial charge in [0.05, 0.1) is 6.04 Å². The molecule has 21 heavy (non-hydrogen) atoms. The Labute approximate surface area is 127 Å². The normalized spacial score (nSPS) is 13.0. The Balaban J connectivity index is 2.05. The van der Waals surface area contributed by atoms with Crippen LogP contribution in [0.5, 0.6) is 5.75 Å². The van der Waals surface area contributed by atoms with Gasteiger partial charge in [-0.25, -0.2) is 0 Å². The van der Waals surface area contributed by atoms with E-state index in [-0.39, 0.29) is 11.5 Å². The fourth-order valence-corrected chi connectivity index (χ4v) is 2.33. The van der Waals surface area contributed by atoms with Crippen LogP contribution in [0, 0.1) is 6.92 Å². The van der Waals surface area contributed by atoms with E-state index < -0.39 is 0 Å². The van der Waals surface area contributed by atoms with Crippen molar-refractivity contribution in [3.63, 3.8) is 0 Å². The van der Waals surface area contributed by atoms with E-state index in [9.17, 15) is 0 Å². The number of hydrogen-bond donors (Lipinski definition) is 1. The lowest BCUT2D eigenvalue weighted by molar-refractivity contribution is 0.289. The maximum atomic E-state index is 6.24. The Kier molecular flexibility index (Phi) is 4.69. The second kappa shape index (κ2) is 6.31. The molecule has 1 atom stereocenters. The minimum absolute atomic E-state index is 0.107. The van der Waals surface area contributed by atoms with Gasteiger partial charge in [-0.1, -0.05) is 57.2 Å². The van der Waals surface area contributed by atoms with E-state index in [4.69, 9.17) is 10.5 Å². The van der Waals surface area contributed by atoms with E-state index in [1.54, 1.807) is 0 Å². The summed E-state index contributed by atoms with van der Waals surface area (Å²) in [6, 6.07) is 16.3. The lowest BCUT2D eigenvalue weighted by Crippen LogP contribution is -2.20. The zero-order chi connectivity index (χ0) is 15.5. The molecule has 2 aromatic rings. The molecule has 0 aliphatic carbocycles. The van der Waals surface area contributed by atoms with Gasteiger partial charge < -0.3 is 10.5 Å². The van der Waals surface area contributed by atoms with E-state index in [2.05, 4.69) is 52.0 Å². The Morgan fingerprint density at radius 3 is 2.43 bits per heavy atom. The molecular weight excluding hydrogens is 258 g/mol. The number of ether oxygens (including phenoxy) is 1. The van der Waals surface area contributed by atoms with Crippen molar-refractivity contribution >= 4 is 0 Å². The summed E-state index contributed by atoms with van der Waals surface area (Å²) in [7, 11) is 0. The van der Waals surface area contributed by atoms with Crippen LogP contribution in [0.25, 0.3) is 0 Å². The summed E-state index contributed by atoms with van der Waals surface area (Å²) in [5, 5.41) is 0. The first-order valence-electron chi connectivity index (χ1n) is 7.42. The zero-order valence-corrected chi connectivity index (χ0v) is 13.4. The molecule has 0 saturated heterocycles. The van der Waals surface area contributed by atoms with Crippen LogP contribution in [0.15, 0.2) is 48.5 Å². The third-order valence-corrected chi connectivity index (χ3v) is 3.72. The van der Waals surface area contributed by atoms with Crippen LogP contribution in [-0.4, -0.2) is 6.61 Å². The van der Waals surface area contributed by atoms with Crippen molar-refractivity contribution in [3.8, 4) is 5.75 Å². The number of benzene rings is 2. The number of hydrogen-bond acceptors (Lipinski definition) is 2. The fourth-order valence-electron chi connectivity index (χ4n) is 2.33. The smallest absolute Gasteiger partial charge is 0.119 e. The van der Waals surface area contributed by atoms with Gasteiger partial charge in [-0.15, -0.1) is 0 Å². The molecule has 0 spiro atoms. The van der Waals surface area contributed by atoms with Crippen molar-refractivity contribution in [2.75, 3.05) is 6.61 Å². The summed E-state index contributed by atoms with van der Waals surface area (Å²) in [5.74, 6) is 0.881. The number of rotatable bonds is 4. The third-order valence-electron chi connectivity index (χ3n) is 3.72. The molecule has 2 heteroatoms. The molecule has 0 fully saturated rings. The Morgan fingerprint density at radius 1 is 1.05 bits per heavy atom. The third kappa shape index (κ3) is 4.08. The van der Waals surface area contributed by atoms with Gasteiger partial charge in [0.1, 0.15) is 12.4 Å². The molecule has 2 nitrogen and oxygen atoms in total. The standard InChI is InChI=1S/C19H25NO/c1-14-8-5-6-11-17(14)18(20)13-21-16-10-7-9-15(12-16)19(2,3)4/h5-12,18H,13,20H2,1-4H3. The predicted octanol–water partition coefficient (Wildman–Crippen LogP) is 4.37. The lowest BCUT2D eigenvalue weighted by atomic mass is 9.87. The van der Waals surface area contributed by atoms with Crippen LogP contribution in [0.1, 0.15) is 43.5 Å². The summed E-state index contributed by atoms with van der Waals surface area (Å²) in [5.41, 5.74) is 9.98. The quantitative estimate of drug-likeness (QED) is 0.904. The van der Waals surface area contributed by atoms with Crippen molar-refractivity contribution < 1.29 is 4.74 Å². The van der Waals surface area contributed by atoms with Gasteiger partial charge in [0, 0.05) is 0 Å². The minimum atomic E-state index is -0.107. The largest absolute Gasteiger partial charge is 0.492 e. The SMILES string of the molecule is Cc1ccccc1C(N)COc1cccc(C(C)(C)C)c1. The van der Waals surface area contributed by atoms with Gasteiger partial charge in [-0.05, 0) is 41.2 Å². The Bertz CT molecular complexity index is 599. The topological polar surface area (TPSA) is 35.2 Å². The maximum Gasteiger partial charge on any atom is 0.119 e. The van der Waals surface area contributed by atoms with Crippen molar-refractivity contribution in [2.24, 2.45) is 5.73 Å². The monoisotopic (exact) mass is 283 g/mol. The van der Waals surface area contributed by atoms with Crippen LogP contribution in [0.3, 0.4) is 0 Å². The summed E-state index contributed by atoms with van der Waals surface area (Å²) in [6.45, 7) is 9.16. The van der Waals surface area contributed by atoms with Crippen molar-refractivity contribution in [1.82, 2.24) is 0 Å². The van der Waals surface area contributed by atoms with E-state index in [1.807, 2.05) is 24.3 Å². The van der Waals surface area contributed by atoms with Crippen molar-refractivity contribution in [2.45, 2.75) is 39.2 Å². The summed E-state index contributed by atoms with van der Waals surface area (Å²) < 4.78 is 5.89. The lowest BCUT2D eigenvalue weighted by Gasteiger charge is -2.20. The number of aryl methyl sites for hydroxylation is 1. The summed E-state index contributed by atoms with van der Waals surface area (Å²) >= 11 is 0. The Hall–Kier alpha value is -1.80. The first kappa shape index (κ1) is 15.6. The fraction of sp³-hybridized carbons (Fsp3) is 0.368. The average molecular weight is 283 g/mol. The van der Waals surface area contributed by atoms with E-state index in [1.165, 1.54) is 11.1 Å². The van der Waals surface area contributed by atoms with Gasteiger partial charge in [0.15, 0.2) is 0 Å². The molecule has 0 aliphatic rings. The van der Waals surface area contributed by atoms with E-state index in [0.29, 0.717) is 6.61 Å². The molecule has 112 valence electrons. The van der Waals surface area contributed by atoms with E-state index >= 15 is 0 Å². The first-order valence-corrected chi connectivity index (χ1v) is 7.42. The predicted molar refractivity (Wildman–Crippen MR) is 88.7 cm³/mol. The second-order valence-electron chi connectivity index (χ2n) is 6.55. The van der Waals surface area contributed by atoms with Crippen LogP contribution in [0.2, 0.25) is 0 Å². The average Bonchev–Trinajstić information content (AvgIpc) is 2.45. The van der Waals surface area contributed by atoms with Crippen molar-refractivity contribution in [1.29, 1.82) is 0 Å². The maximum absolute atomic E-state index is 6.24. The molecule has 0 bridgehead atoms. The molecular formula is C19H25NO. The second-order valence-corrected chi connectivity index (χ2v) is 6.55. The van der Waals surface area contributed by atoms with Crippen LogP contribution >= 0.6 is 0 Å². The van der Waals surface area contributed by atoms with Gasteiger partial charge >= 0.3 is 0 Å². The highest BCUT2D eigenvalue weighted by atomic mass is 16.5. The van der Waals surface area contributed by atoms with Crippen LogP contribution < -0.4 is 10.5 Å². The van der Waals surface area contributed by atoms with Crippen molar-refractivity contribution in [3.05, 3.63) is 65.2 Å². The molecule has 2 aromatic carbocycles. The molecule has 0 saturated carbocycles. The Morgan fingerprint density at radius 2 is 1.76 bits per heavy atom. The minimum Gasteiger partial charge on any atom is -0.492 e. The molecule has 0 radical (unpaired) electrons. The molecule has 2 rings (SSSR count). The highest BCUT2D eigenvalue weighted by Crippen LogP contribution is 2.26. The first-order chi connectivity index (χ1) is 9.88. The van der Waals surface area contributed by atoms with Crippen LogP contribution in [-0.2, 0) is 5.41 Å². The van der Waals surface area contributed by atoms with Gasteiger partial charge in [0.2, 0.25) is 0 Å². The molecule has 2 N–H and O–H groups in total. The highest BCUT2D eigenvalue weighted by Gasteiger charge is 2.14. The zero-order valence-electron chi connectivity index (χ0n) is 13.4. The molecule has 0 aromatic heterocycles. The van der Waals surface area contributed by atoms with E-state index in [0.717, 1.165) is 11.3 Å². The summed E-state index contributed by atoms with van der Waals surface area (Å²) in [4.78, 5) is 0. The molecule has 1 unspecified atom stereocenters. The highest BCUT2D eigenvalue weighted by molar-refractivity contribution is 5.33. The molecule has 0 aliphatic heterocycles. The van der Waals surface area contributed by atoms with Gasteiger partial charge in [-0.2, -0.15) is 0 Å².